The third-order valence-electron chi connectivity index (χ3n) is 8.10. The van der Waals surface area contributed by atoms with Gasteiger partial charge in [0.25, 0.3) is 0 Å². The average molecular weight is 534 g/mol. The zero-order valence-corrected chi connectivity index (χ0v) is 25.0. The molecule has 1 fully saturated rings. The SMILES string of the molecule is C=CCCC(C)C.CCC1CN(C)C[C@H]1c1cccc(CCC2=NC(c3ccc(-c4ccccc4)cc3)=NC2)c1. The van der Waals surface area contributed by atoms with Crippen LogP contribution in [0.15, 0.2) is 102 Å². The Morgan fingerprint density at radius 3 is 2.30 bits per heavy atom. The molecule has 0 saturated carbocycles. The summed E-state index contributed by atoms with van der Waals surface area (Å²) in [6.45, 7) is 13.5. The van der Waals surface area contributed by atoms with Crippen LogP contribution in [0.5, 0.6) is 0 Å². The highest BCUT2D eigenvalue weighted by Crippen LogP contribution is 2.34. The highest BCUT2D eigenvalue weighted by Gasteiger charge is 2.30. The summed E-state index contributed by atoms with van der Waals surface area (Å²) in [5.41, 5.74) is 7.67. The van der Waals surface area contributed by atoms with E-state index < -0.39 is 0 Å². The molecule has 3 aromatic carbocycles. The standard InChI is InChI=1S/C30H33N3.C7H14/c1-3-23-20-33(2)21-29(23)27-11-7-8-22(18-27)12-17-28-19-31-30(32-28)26-15-13-25(14-16-26)24-9-5-4-6-10-24;1-4-5-6-7(2)3/h4-11,13-16,18,23,29H,3,12,17,19-21H2,1-2H3;4,7H,1,5-6H2,2-3H3/t23?,29-;/m1./s1. The van der Waals surface area contributed by atoms with Gasteiger partial charge in [-0.15, -0.1) is 6.58 Å². The molecule has 3 nitrogen and oxygen atoms in total. The Morgan fingerprint density at radius 2 is 1.62 bits per heavy atom. The van der Waals surface area contributed by atoms with Crippen molar-refractivity contribution in [2.45, 2.75) is 58.8 Å². The van der Waals surface area contributed by atoms with Crippen molar-refractivity contribution in [1.29, 1.82) is 0 Å². The van der Waals surface area contributed by atoms with Crippen molar-refractivity contribution in [2.75, 3.05) is 26.7 Å². The molecule has 1 saturated heterocycles. The van der Waals surface area contributed by atoms with Crippen molar-refractivity contribution in [2.24, 2.45) is 21.8 Å². The molecule has 5 rings (SSSR count). The molecule has 2 heterocycles. The van der Waals surface area contributed by atoms with E-state index in [4.69, 9.17) is 9.98 Å². The van der Waals surface area contributed by atoms with Gasteiger partial charge in [-0.3, -0.25) is 4.99 Å². The van der Waals surface area contributed by atoms with E-state index in [1.54, 1.807) is 0 Å². The second-order valence-corrected chi connectivity index (χ2v) is 11.8. The van der Waals surface area contributed by atoms with Gasteiger partial charge in [-0.2, -0.15) is 0 Å². The number of hydrogen-bond donors (Lipinski definition) is 0. The second-order valence-electron chi connectivity index (χ2n) is 11.8. The highest BCUT2D eigenvalue weighted by molar-refractivity contribution is 6.11. The second kappa shape index (κ2) is 14.9. The lowest BCUT2D eigenvalue weighted by atomic mass is 9.86. The van der Waals surface area contributed by atoms with E-state index in [0.717, 1.165) is 49.0 Å². The van der Waals surface area contributed by atoms with Crippen LogP contribution in [0.1, 0.15) is 69.1 Å². The van der Waals surface area contributed by atoms with E-state index in [0.29, 0.717) is 5.92 Å². The molecule has 0 aromatic heterocycles. The molecular formula is C37H47N3. The first-order valence-electron chi connectivity index (χ1n) is 15.1. The van der Waals surface area contributed by atoms with Crippen LogP contribution < -0.4 is 0 Å². The highest BCUT2D eigenvalue weighted by atomic mass is 15.1. The number of likely N-dealkylation sites (N-methyl/N-ethyl adjacent to an activating group) is 1. The number of rotatable bonds is 10. The lowest BCUT2D eigenvalue weighted by Gasteiger charge is -2.18. The van der Waals surface area contributed by atoms with Gasteiger partial charge >= 0.3 is 0 Å². The molecule has 40 heavy (non-hydrogen) atoms. The Bertz CT molecular complexity index is 1270. The Labute approximate surface area is 242 Å². The van der Waals surface area contributed by atoms with Crippen molar-refractivity contribution in [1.82, 2.24) is 4.90 Å². The van der Waals surface area contributed by atoms with Gasteiger partial charge in [0.05, 0.1) is 6.54 Å². The van der Waals surface area contributed by atoms with Crippen molar-refractivity contribution in [3.05, 3.63) is 108 Å². The van der Waals surface area contributed by atoms with E-state index >= 15 is 0 Å². The topological polar surface area (TPSA) is 28.0 Å². The number of aliphatic imine (C=N–C) groups is 2. The molecule has 0 spiro atoms. The summed E-state index contributed by atoms with van der Waals surface area (Å²) in [7, 11) is 2.25. The summed E-state index contributed by atoms with van der Waals surface area (Å²) in [6.07, 6.45) is 7.67. The summed E-state index contributed by atoms with van der Waals surface area (Å²) in [6, 6.07) is 28.3. The molecule has 3 heteroatoms. The lowest BCUT2D eigenvalue weighted by Crippen LogP contribution is -2.13. The average Bonchev–Trinajstić information content (AvgIpc) is 3.62. The van der Waals surface area contributed by atoms with Gasteiger partial charge in [0.1, 0.15) is 0 Å². The number of likely N-dealkylation sites (tertiary alicyclic amines) is 1. The number of benzene rings is 3. The minimum absolute atomic E-state index is 0.664. The van der Waals surface area contributed by atoms with Crippen molar-refractivity contribution < 1.29 is 0 Å². The maximum absolute atomic E-state index is 4.87. The third kappa shape index (κ3) is 8.35. The van der Waals surface area contributed by atoms with Gasteiger partial charge in [-0.25, -0.2) is 4.99 Å². The third-order valence-corrected chi connectivity index (χ3v) is 8.10. The first-order chi connectivity index (χ1) is 19.5. The van der Waals surface area contributed by atoms with Crippen LogP contribution >= 0.6 is 0 Å². The Hall–Kier alpha value is -3.30. The fourth-order valence-electron chi connectivity index (χ4n) is 5.72. The van der Waals surface area contributed by atoms with Crippen molar-refractivity contribution in [3.63, 3.8) is 0 Å². The zero-order valence-electron chi connectivity index (χ0n) is 25.0. The van der Waals surface area contributed by atoms with E-state index in [1.807, 2.05) is 12.1 Å². The van der Waals surface area contributed by atoms with Crippen LogP contribution in [0, 0.1) is 11.8 Å². The quantitative estimate of drug-likeness (QED) is 0.239. The molecule has 0 amide bonds. The molecule has 0 aliphatic carbocycles. The van der Waals surface area contributed by atoms with Crippen LogP contribution in [-0.2, 0) is 6.42 Å². The zero-order chi connectivity index (χ0) is 28.3. The van der Waals surface area contributed by atoms with E-state index in [1.165, 1.54) is 53.9 Å². The lowest BCUT2D eigenvalue weighted by molar-refractivity contribution is 0.392. The van der Waals surface area contributed by atoms with Gasteiger partial charge in [0, 0.05) is 30.3 Å². The smallest absolute Gasteiger partial charge is 0.154 e. The van der Waals surface area contributed by atoms with Crippen LogP contribution in [0.25, 0.3) is 11.1 Å². The maximum atomic E-state index is 4.87. The molecule has 2 aliphatic rings. The monoisotopic (exact) mass is 533 g/mol. The summed E-state index contributed by atoms with van der Waals surface area (Å²) in [5, 5.41) is 0. The molecule has 0 radical (unpaired) electrons. The maximum Gasteiger partial charge on any atom is 0.154 e. The Morgan fingerprint density at radius 1 is 0.900 bits per heavy atom. The molecule has 0 N–H and O–H groups in total. The van der Waals surface area contributed by atoms with Crippen LogP contribution in [0.2, 0.25) is 0 Å². The number of allylic oxidation sites excluding steroid dienone is 1. The Balaban J connectivity index is 0.000000470. The molecule has 2 aliphatic heterocycles. The van der Waals surface area contributed by atoms with Crippen molar-refractivity contribution >= 4 is 11.5 Å². The fourth-order valence-corrected chi connectivity index (χ4v) is 5.72. The van der Waals surface area contributed by atoms with Crippen molar-refractivity contribution in [3.8, 4) is 11.1 Å². The summed E-state index contributed by atoms with van der Waals surface area (Å²) in [5.74, 6) is 3.14. The van der Waals surface area contributed by atoms with Crippen LogP contribution in [0.4, 0.5) is 0 Å². The largest absolute Gasteiger partial charge is 0.305 e. The van der Waals surface area contributed by atoms with Crippen LogP contribution in [0.3, 0.4) is 0 Å². The van der Waals surface area contributed by atoms with E-state index in [9.17, 15) is 0 Å². The van der Waals surface area contributed by atoms with Gasteiger partial charge in [0.2, 0.25) is 0 Å². The number of amidine groups is 1. The van der Waals surface area contributed by atoms with Crippen LogP contribution in [-0.4, -0.2) is 43.1 Å². The molecule has 0 bridgehead atoms. The summed E-state index contributed by atoms with van der Waals surface area (Å²) >= 11 is 0. The predicted octanol–water partition coefficient (Wildman–Crippen LogP) is 8.85. The Kier molecular flexibility index (Phi) is 11.1. The first-order valence-corrected chi connectivity index (χ1v) is 15.1. The van der Waals surface area contributed by atoms with E-state index in [-0.39, 0.29) is 0 Å². The number of hydrogen-bond acceptors (Lipinski definition) is 3. The fraction of sp³-hybridized carbons (Fsp3) is 0.405. The number of aryl methyl sites for hydroxylation is 1. The van der Waals surface area contributed by atoms with E-state index in [2.05, 4.69) is 112 Å². The minimum atomic E-state index is 0.664. The number of nitrogens with zero attached hydrogens (tertiary/aromatic N) is 3. The molecule has 210 valence electrons. The molecule has 1 unspecified atom stereocenters. The predicted molar refractivity (Wildman–Crippen MR) is 174 cm³/mol. The molecule has 2 atom stereocenters. The van der Waals surface area contributed by atoms with Gasteiger partial charge in [-0.05, 0) is 66.8 Å². The summed E-state index contributed by atoms with van der Waals surface area (Å²) < 4.78 is 0. The summed E-state index contributed by atoms with van der Waals surface area (Å²) in [4.78, 5) is 12.1. The molecule has 3 aromatic rings. The normalized spacial score (nSPS) is 18.7. The van der Waals surface area contributed by atoms with Gasteiger partial charge in [0.15, 0.2) is 5.84 Å². The van der Waals surface area contributed by atoms with Gasteiger partial charge < -0.3 is 4.90 Å². The first kappa shape index (κ1) is 29.7. The molecular weight excluding hydrogens is 486 g/mol. The minimum Gasteiger partial charge on any atom is -0.305 e. The van der Waals surface area contributed by atoms with Gasteiger partial charge in [-0.1, -0.05) is 112 Å².